The molecule has 6 heteroatoms. The van der Waals surface area contributed by atoms with Gasteiger partial charge in [-0.15, -0.1) is 0 Å². The summed E-state index contributed by atoms with van der Waals surface area (Å²) in [6.45, 7) is 0.616. The van der Waals surface area contributed by atoms with Crippen molar-refractivity contribution in [2.45, 2.75) is 134 Å². The molecule has 6 nitrogen and oxygen atoms in total. The summed E-state index contributed by atoms with van der Waals surface area (Å²) < 4.78 is 0. The molecular formula is C29H52N2O4. The fraction of sp³-hybridized carbons (Fsp3) is 0.793. The molecule has 202 valence electrons. The summed E-state index contributed by atoms with van der Waals surface area (Å²) in [7, 11) is 0. The third kappa shape index (κ3) is 20.3. The third-order valence-electron chi connectivity index (χ3n) is 6.54. The third-order valence-corrected chi connectivity index (χ3v) is 6.54. The van der Waals surface area contributed by atoms with Crippen LogP contribution in [0.25, 0.3) is 0 Å². The minimum atomic E-state index is -0.0698. The van der Waals surface area contributed by atoms with Crippen molar-refractivity contribution in [3.63, 3.8) is 0 Å². The van der Waals surface area contributed by atoms with Crippen LogP contribution >= 0.6 is 0 Å². The Labute approximate surface area is 214 Å². The van der Waals surface area contributed by atoms with Crippen molar-refractivity contribution in [2.75, 3.05) is 13.2 Å². The molecule has 4 N–H and O–H groups in total. The van der Waals surface area contributed by atoms with Gasteiger partial charge in [0, 0.05) is 13.2 Å². The van der Waals surface area contributed by atoms with E-state index in [0.717, 1.165) is 57.8 Å². The molecule has 2 amide bonds. The number of allylic oxidation sites excluding steroid dienone is 2. The summed E-state index contributed by atoms with van der Waals surface area (Å²) in [6.07, 6.45) is 28.5. The Kier molecular flexibility index (Phi) is 20.4. The molecule has 35 heavy (non-hydrogen) atoms. The summed E-state index contributed by atoms with van der Waals surface area (Å²) in [5.74, 6) is -0.140. The van der Waals surface area contributed by atoms with Gasteiger partial charge in [0.25, 0.3) is 0 Å². The van der Waals surface area contributed by atoms with E-state index in [1.807, 2.05) is 12.2 Å². The van der Waals surface area contributed by atoms with Crippen LogP contribution in [0.15, 0.2) is 24.3 Å². The van der Waals surface area contributed by atoms with E-state index < -0.39 is 0 Å². The summed E-state index contributed by atoms with van der Waals surface area (Å²) >= 11 is 0. The number of rotatable bonds is 24. The molecule has 1 rings (SSSR count). The molecule has 0 unspecified atom stereocenters. The van der Waals surface area contributed by atoms with Gasteiger partial charge in [-0.05, 0) is 57.1 Å². The van der Waals surface area contributed by atoms with Crippen molar-refractivity contribution in [2.24, 2.45) is 0 Å². The number of unbranched alkanes of at least 4 members (excludes halogenated alkanes) is 16. The van der Waals surface area contributed by atoms with Gasteiger partial charge < -0.3 is 20.8 Å². The van der Waals surface area contributed by atoms with Crippen LogP contribution in [-0.4, -0.2) is 47.3 Å². The molecule has 0 bridgehead atoms. The molecule has 0 heterocycles. The van der Waals surface area contributed by atoms with Gasteiger partial charge in [0.05, 0.1) is 12.1 Å². The number of amides is 2. The van der Waals surface area contributed by atoms with E-state index in [9.17, 15) is 9.59 Å². The van der Waals surface area contributed by atoms with E-state index in [4.69, 9.17) is 10.2 Å². The van der Waals surface area contributed by atoms with Gasteiger partial charge in [-0.2, -0.15) is 0 Å². The number of aliphatic hydroxyl groups is 2. The first-order valence-electron chi connectivity index (χ1n) is 14.3. The number of carbonyl (C=O) groups excluding carboxylic acids is 2. The normalized spacial score (nSPS) is 17.3. The van der Waals surface area contributed by atoms with Gasteiger partial charge in [-0.1, -0.05) is 89.2 Å². The molecule has 2 atom stereocenters. The molecule has 0 aromatic rings. The highest BCUT2D eigenvalue weighted by Gasteiger charge is 2.38. The van der Waals surface area contributed by atoms with Crippen LogP contribution in [-0.2, 0) is 9.59 Å². The summed E-state index contributed by atoms with van der Waals surface area (Å²) in [5, 5.41) is 23.4. The topological polar surface area (TPSA) is 98.7 Å². The van der Waals surface area contributed by atoms with Gasteiger partial charge in [0.2, 0.25) is 11.8 Å². The maximum atomic E-state index is 12.0. The predicted octanol–water partition coefficient (Wildman–Crippen LogP) is 5.48. The number of hydrogen-bond acceptors (Lipinski definition) is 4. The summed E-state index contributed by atoms with van der Waals surface area (Å²) in [6, 6.07) is 0.0976. The minimum Gasteiger partial charge on any atom is -0.396 e. The SMILES string of the molecule is O=C(/C=C/CCCCCCCCCCO)N[C@H]1C[C@H]1NC(=O)/C=C/CCCCCCCCCCO. The molecule has 1 aliphatic rings. The Balaban J connectivity index is 1.92. The number of nitrogens with one attached hydrogen (secondary N) is 2. The van der Waals surface area contributed by atoms with Crippen LogP contribution in [0.5, 0.6) is 0 Å². The molecule has 0 aromatic carbocycles. The summed E-state index contributed by atoms with van der Waals surface area (Å²) in [5.41, 5.74) is 0. The van der Waals surface area contributed by atoms with Gasteiger partial charge in [0.15, 0.2) is 0 Å². The number of carbonyl (C=O) groups is 2. The van der Waals surface area contributed by atoms with Crippen LogP contribution < -0.4 is 10.6 Å². The zero-order valence-electron chi connectivity index (χ0n) is 22.0. The molecule has 0 aromatic heterocycles. The zero-order valence-corrected chi connectivity index (χ0v) is 22.0. The number of aliphatic hydroxyl groups excluding tert-OH is 2. The Morgan fingerprint density at radius 1 is 0.543 bits per heavy atom. The highest BCUT2D eigenvalue weighted by atomic mass is 16.3. The zero-order chi connectivity index (χ0) is 25.4. The molecule has 0 spiro atoms. The highest BCUT2D eigenvalue weighted by Crippen LogP contribution is 2.21. The van der Waals surface area contributed by atoms with Crippen molar-refractivity contribution < 1.29 is 19.8 Å². The molecule has 1 saturated carbocycles. The van der Waals surface area contributed by atoms with Crippen LogP contribution in [0.1, 0.15) is 122 Å². The Hall–Kier alpha value is -1.66. The second-order valence-corrected chi connectivity index (χ2v) is 9.95. The van der Waals surface area contributed by atoms with E-state index in [-0.39, 0.29) is 23.9 Å². The van der Waals surface area contributed by atoms with Crippen molar-refractivity contribution in [3.8, 4) is 0 Å². The van der Waals surface area contributed by atoms with E-state index in [2.05, 4.69) is 10.6 Å². The molecule has 1 aliphatic carbocycles. The molecule has 0 radical (unpaired) electrons. The van der Waals surface area contributed by atoms with Gasteiger partial charge in [-0.25, -0.2) is 0 Å². The molecule has 0 saturated heterocycles. The second-order valence-electron chi connectivity index (χ2n) is 9.95. The lowest BCUT2D eigenvalue weighted by atomic mass is 10.1. The fourth-order valence-electron chi connectivity index (χ4n) is 4.23. The average molecular weight is 493 g/mol. The maximum absolute atomic E-state index is 12.0. The Bertz CT molecular complexity index is 541. The van der Waals surface area contributed by atoms with Crippen molar-refractivity contribution >= 4 is 11.8 Å². The lowest BCUT2D eigenvalue weighted by molar-refractivity contribution is -0.118. The van der Waals surface area contributed by atoms with Crippen LogP contribution in [0.3, 0.4) is 0 Å². The highest BCUT2D eigenvalue weighted by molar-refractivity contribution is 5.89. The fourth-order valence-corrected chi connectivity index (χ4v) is 4.23. The Morgan fingerprint density at radius 3 is 1.20 bits per heavy atom. The molecular weight excluding hydrogens is 440 g/mol. The smallest absolute Gasteiger partial charge is 0.243 e. The van der Waals surface area contributed by atoms with E-state index in [0.29, 0.717) is 13.2 Å². The Morgan fingerprint density at radius 2 is 0.857 bits per heavy atom. The van der Waals surface area contributed by atoms with Crippen molar-refractivity contribution in [3.05, 3.63) is 24.3 Å². The van der Waals surface area contributed by atoms with E-state index in [1.165, 1.54) is 64.2 Å². The van der Waals surface area contributed by atoms with Crippen molar-refractivity contribution in [1.29, 1.82) is 0 Å². The van der Waals surface area contributed by atoms with Gasteiger partial charge >= 0.3 is 0 Å². The predicted molar refractivity (Wildman–Crippen MR) is 144 cm³/mol. The lowest BCUT2D eigenvalue weighted by Gasteiger charge is -2.03. The number of hydrogen-bond donors (Lipinski definition) is 4. The molecule has 1 fully saturated rings. The largest absolute Gasteiger partial charge is 0.396 e. The van der Waals surface area contributed by atoms with Crippen LogP contribution in [0.2, 0.25) is 0 Å². The van der Waals surface area contributed by atoms with Crippen molar-refractivity contribution in [1.82, 2.24) is 10.6 Å². The average Bonchev–Trinajstić information content (AvgIpc) is 3.57. The minimum absolute atomic E-state index is 0.0488. The first kappa shape index (κ1) is 31.4. The van der Waals surface area contributed by atoms with Gasteiger partial charge in [-0.3, -0.25) is 9.59 Å². The van der Waals surface area contributed by atoms with Crippen LogP contribution in [0.4, 0.5) is 0 Å². The first-order valence-corrected chi connectivity index (χ1v) is 14.3. The second kappa shape index (κ2) is 22.8. The van der Waals surface area contributed by atoms with Gasteiger partial charge in [0.1, 0.15) is 0 Å². The standard InChI is InChI=1S/C29H52N2O4/c32-23-19-15-11-7-3-1-5-9-13-17-21-28(34)30-26-25-27(26)31-29(35)22-18-14-10-6-2-4-8-12-16-20-24-33/h17-18,21-22,26-27,32-33H,1-16,19-20,23-25H2,(H,30,34)(H,31,35)/b21-17+,22-18+/t26-,27+. The van der Waals surface area contributed by atoms with Crippen LogP contribution in [0, 0.1) is 0 Å². The quantitative estimate of drug-likeness (QED) is 0.106. The van der Waals surface area contributed by atoms with E-state index >= 15 is 0 Å². The monoisotopic (exact) mass is 492 g/mol. The first-order chi connectivity index (χ1) is 17.2. The van der Waals surface area contributed by atoms with E-state index in [1.54, 1.807) is 12.2 Å². The molecule has 0 aliphatic heterocycles. The lowest BCUT2D eigenvalue weighted by Crippen LogP contribution is -2.33. The maximum Gasteiger partial charge on any atom is 0.243 e. The summed E-state index contributed by atoms with van der Waals surface area (Å²) in [4.78, 5) is 24.0.